The minimum absolute atomic E-state index is 0.0649. The summed E-state index contributed by atoms with van der Waals surface area (Å²) in [6.45, 7) is 0.331. The second-order valence-electron chi connectivity index (χ2n) is 4.88. The summed E-state index contributed by atoms with van der Waals surface area (Å²) in [5.41, 5.74) is 7.11. The van der Waals surface area contributed by atoms with Crippen molar-refractivity contribution in [1.29, 1.82) is 0 Å². The zero-order valence-electron chi connectivity index (χ0n) is 10.9. The van der Waals surface area contributed by atoms with Crippen LogP contribution in [-0.2, 0) is 6.42 Å². The van der Waals surface area contributed by atoms with Crippen molar-refractivity contribution in [2.24, 2.45) is 5.73 Å². The van der Waals surface area contributed by atoms with Gasteiger partial charge in [0.15, 0.2) is 0 Å². The van der Waals surface area contributed by atoms with Crippen LogP contribution in [0.4, 0.5) is 4.39 Å². The number of halogens is 3. The molecule has 0 radical (unpaired) electrons. The molecule has 21 heavy (non-hydrogen) atoms. The lowest BCUT2D eigenvalue weighted by Gasteiger charge is -2.14. The predicted molar refractivity (Wildman–Crippen MR) is 80.7 cm³/mol. The smallest absolute Gasteiger partial charge is 0.134 e. The van der Waals surface area contributed by atoms with Gasteiger partial charge in [-0.3, -0.25) is 0 Å². The number of fused-ring (bicyclic) bond motifs is 1. The quantitative estimate of drug-likeness (QED) is 0.882. The molecule has 0 bridgehead atoms. The second kappa shape index (κ2) is 5.37. The fourth-order valence-electron chi connectivity index (χ4n) is 2.50. The van der Waals surface area contributed by atoms with E-state index >= 15 is 0 Å². The Morgan fingerprint density at radius 2 is 2.10 bits per heavy atom. The molecule has 0 spiro atoms. The molecular formula is C15H12Cl2FNO2. The molecule has 1 aliphatic heterocycles. The van der Waals surface area contributed by atoms with Gasteiger partial charge in [-0.15, -0.1) is 0 Å². The molecule has 1 heterocycles. The van der Waals surface area contributed by atoms with Crippen molar-refractivity contribution in [2.45, 2.75) is 12.5 Å². The van der Waals surface area contributed by atoms with Gasteiger partial charge in [-0.2, -0.15) is 0 Å². The molecule has 0 fully saturated rings. The van der Waals surface area contributed by atoms with Crippen LogP contribution in [-0.4, -0.2) is 17.8 Å². The van der Waals surface area contributed by atoms with Crippen LogP contribution >= 0.6 is 23.2 Å². The average Bonchev–Trinajstić information content (AvgIpc) is 2.86. The highest BCUT2D eigenvalue weighted by Gasteiger charge is 2.28. The molecule has 0 aliphatic carbocycles. The van der Waals surface area contributed by atoms with Crippen LogP contribution in [0.15, 0.2) is 24.3 Å². The SMILES string of the molecule is NC[C@H]1Cc2cc(F)cc(-c3c(Cl)ccc(O)c3Cl)c2O1. The topological polar surface area (TPSA) is 55.5 Å². The summed E-state index contributed by atoms with van der Waals surface area (Å²) in [5, 5.41) is 10.1. The summed E-state index contributed by atoms with van der Waals surface area (Å²) in [6, 6.07) is 5.60. The number of nitrogens with two attached hydrogens (primary N) is 1. The first-order chi connectivity index (χ1) is 10.0. The number of hydrogen-bond acceptors (Lipinski definition) is 3. The van der Waals surface area contributed by atoms with Crippen molar-refractivity contribution >= 4 is 23.2 Å². The van der Waals surface area contributed by atoms with Crippen LogP contribution in [0.3, 0.4) is 0 Å². The van der Waals surface area contributed by atoms with Gasteiger partial charge in [0.1, 0.15) is 23.4 Å². The zero-order valence-corrected chi connectivity index (χ0v) is 12.4. The highest BCUT2D eigenvalue weighted by molar-refractivity contribution is 6.40. The van der Waals surface area contributed by atoms with Crippen molar-refractivity contribution in [3.05, 3.63) is 45.7 Å². The summed E-state index contributed by atoms with van der Waals surface area (Å²) >= 11 is 12.3. The number of rotatable bonds is 2. The van der Waals surface area contributed by atoms with Crippen LogP contribution in [0.1, 0.15) is 5.56 Å². The van der Waals surface area contributed by atoms with Crippen molar-refractivity contribution in [2.75, 3.05) is 6.54 Å². The lowest BCUT2D eigenvalue weighted by Crippen LogP contribution is -2.24. The fourth-order valence-corrected chi connectivity index (χ4v) is 3.07. The molecule has 2 aromatic carbocycles. The summed E-state index contributed by atoms with van der Waals surface area (Å²) in [4.78, 5) is 0. The molecule has 2 aromatic rings. The van der Waals surface area contributed by atoms with E-state index in [0.717, 1.165) is 5.56 Å². The number of aromatic hydroxyl groups is 1. The summed E-state index contributed by atoms with van der Waals surface area (Å²) in [6.07, 6.45) is 0.334. The number of phenols is 1. The maximum Gasteiger partial charge on any atom is 0.134 e. The first kappa shape index (κ1) is 14.4. The van der Waals surface area contributed by atoms with E-state index in [0.29, 0.717) is 34.9 Å². The Hall–Kier alpha value is -1.49. The van der Waals surface area contributed by atoms with Gasteiger partial charge in [0, 0.05) is 29.7 Å². The van der Waals surface area contributed by atoms with Crippen LogP contribution < -0.4 is 10.5 Å². The monoisotopic (exact) mass is 327 g/mol. The van der Waals surface area contributed by atoms with E-state index in [9.17, 15) is 9.50 Å². The third-order valence-corrected chi connectivity index (χ3v) is 4.16. The van der Waals surface area contributed by atoms with E-state index in [1.54, 1.807) is 0 Å². The van der Waals surface area contributed by atoms with Crippen LogP contribution in [0, 0.1) is 5.82 Å². The second-order valence-corrected chi connectivity index (χ2v) is 5.66. The van der Waals surface area contributed by atoms with Gasteiger partial charge >= 0.3 is 0 Å². The van der Waals surface area contributed by atoms with Gasteiger partial charge in [-0.05, 0) is 24.3 Å². The van der Waals surface area contributed by atoms with E-state index in [-0.39, 0.29) is 16.9 Å². The van der Waals surface area contributed by atoms with Gasteiger partial charge in [0.2, 0.25) is 0 Å². The van der Waals surface area contributed by atoms with Crippen molar-refractivity contribution in [3.8, 4) is 22.6 Å². The number of benzene rings is 2. The third-order valence-electron chi connectivity index (χ3n) is 3.47. The Morgan fingerprint density at radius 3 is 2.81 bits per heavy atom. The molecule has 110 valence electrons. The van der Waals surface area contributed by atoms with E-state index in [1.165, 1.54) is 24.3 Å². The Kier molecular flexibility index (Phi) is 3.69. The van der Waals surface area contributed by atoms with Gasteiger partial charge in [-0.1, -0.05) is 23.2 Å². The fraction of sp³-hybridized carbons (Fsp3) is 0.200. The molecule has 3 N–H and O–H groups in total. The minimum Gasteiger partial charge on any atom is -0.506 e. The minimum atomic E-state index is -0.416. The number of hydrogen-bond donors (Lipinski definition) is 2. The molecular weight excluding hydrogens is 316 g/mol. The van der Waals surface area contributed by atoms with E-state index < -0.39 is 5.82 Å². The molecule has 0 unspecified atom stereocenters. The van der Waals surface area contributed by atoms with E-state index in [1.807, 2.05) is 0 Å². The first-order valence-corrected chi connectivity index (χ1v) is 7.13. The molecule has 0 saturated carbocycles. The molecule has 1 atom stereocenters. The summed E-state index contributed by atoms with van der Waals surface area (Å²) in [7, 11) is 0. The molecule has 3 nitrogen and oxygen atoms in total. The molecule has 0 saturated heterocycles. The Balaban J connectivity index is 2.24. The van der Waals surface area contributed by atoms with Gasteiger partial charge in [-0.25, -0.2) is 4.39 Å². The van der Waals surface area contributed by atoms with Gasteiger partial charge in [0.05, 0.1) is 10.0 Å². The lowest BCUT2D eigenvalue weighted by molar-refractivity contribution is 0.242. The highest BCUT2D eigenvalue weighted by Crippen LogP contribution is 2.47. The van der Waals surface area contributed by atoms with Crippen LogP contribution in [0.25, 0.3) is 11.1 Å². The van der Waals surface area contributed by atoms with Crippen LogP contribution in [0.2, 0.25) is 10.0 Å². The molecule has 3 rings (SSSR count). The maximum atomic E-state index is 13.9. The van der Waals surface area contributed by atoms with E-state index in [2.05, 4.69) is 0 Å². The van der Waals surface area contributed by atoms with Crippen LogP contribution in [0.5, 0.6) is 11.5 Å². The van der Waals surface area contributed by atoms with Gasteiger partial charge < -0.3 is 15.6 Å². The normalized spacial score (nSPS) is 16.7. The van der Waals surface area contributed by atoms with E-state index in [4.69, 9.17) is 33.7 Å². The number of phenolic OH excluding ortho intramolecular Hbond substituents is 1. The van der Waals surface area contributed by atoms with Crippen molar-refractivity contribution in [3.63, 3.8) is 0 Å². The standard InChI is InChI=1S/C15H12Cl2FNO2/c16-11-1-2-12(20)14(17)13(11)10-5-8(18)3-7-4-9(6-19)21-15(7)10/h1-3,5,9,20H,4,6,19H2/t9-/m1/s1. The Morgan fingerprint density at radius 1 is 1.33 bits per heavy atom. The number of ether oxygens (including phenoxy) is 1. The van der Waals surface area contributed by atoms with Crippen molar-refractivity contribution < 1.29 is 14.2 Å². The lowest BCUT2D eigenvalue weighted by atomic mass is 9.99. The third kappa shape index (κ3) is 2.44. The molecule has 0 aromatic heterocycles. The predicted octanol–water partition coefficient (Wildman–Crippen LogP) is 3.77. The largest absolute Gasteiger partial charge is 0.506 e. The Bertz CT molecular complexity index is 721. The average molecular weight is 328 g/mol. The summed E-state index contributed by atoms with van der Waals surface area (Å²) < 4.78 is 19.6. The summed E-state index contributed by atoms with van der Waals surface area (Å²) in [5.74, 6) is -0.0239. The first-order valence-electron chi connectivity index (χ1n) is 6.37. The maximum absolute atomic E-state index is 13.9. The highest BCUT2D eigenvalue weighted by atomic mass is 35.5. The zero-order chi connectivity index (χ0) is 15.1. The molecule has 6 heteroatoms. The van der Waals surface area contributed by atoms with Gasteiger partial charge in [0.25, 0.3) is 0 Å². The Labute approximate surface area is 131 Å². The molecule has 0 amide bonds. The van der Waals surface area contributed by atoms with Crippen molar-refractivity contribution in [1.82, 2.24) is 0 Å². The molecule has 1 aliphatic rings.